The van der Waals surface area contributed by atoms with Crippen molar-refractivity contribution in [3.63, 3.8) is 0 Å². The minimum Gasteiger partial charge on any atom is -0.493 e. The van der Waals surface area contributed by atoms with Crippen molar-refractivity contribution in [2.24, 2.45) is 0 Å². The summed E-state index contributed by atoms with van der Waals surface area (Å²) >= 11 is 0. The van der Waals surface area contributed by atoms with Gasteiger partial charge in [0.2, 0.25) is 5.75 Å². The van der Waals surface area contributed by atoms with Gasteiger partial charge < -0.3 is 19.0 Å². The molecule has 0 amide bonds. The van der Waals surface area contributed by atoms with Crippen LogP contribution in [0.1, 0.15) is 5.56 Å². The number of carbonyl (C=O) groups excluding carboxylic acids is 1. The first-order valence-electron chi connectivity index (χ1n) is 4.50. The fourth-order valence-corrected chi connectivity index (χ4v) is 1.41. The molecule has 0 N–H and O–H groups in total. The van der Waals surface area contributed by atoms with Gasteiger partial charge >= 0.3 is 0 Å². The van der Waals surface area contributed by atoms with E-state index in [1.165, 1.54) is 14.2 Å². The van der Waals surface area contributed by atoms with Crippen LogP contribution < -0.4 is 14.2 Å². The standard InChI is InChI=1S/C11H14O4/c1-13-9-5-4-8(6-7-12)10(14-2)11(9)15-3/h4-5,7H,6H2,1-3H3. The van der Waals surface area contributed by atoms with Gasteiger partial charge in [0, 0.05) is 12.0 Å². The van der Waals surface area contributed by atoms with Gasteiger partial charge in [-0.25, -0.2) is 0 Å². The predicted octanol–water partition coefficient (Wildman–Crippen LogP) is 1.45. The van der Waals surface area contributed by atoms with E-state index in [2.05, 4.69) is 0 Å². The van der Waals surface area contributed by atoms with E-state index in [1.807, 2.05) is 0 Å². The largest absolute Gasteiger partial charge is 0.493 e. The second-order valence-corrected chi connectivity index (χ2v) is 2.86. The van der Waals surface area contributed by atoms with Crippen molar-refractivity contribution in [1.29, 1.82) is 0 Å². The second-order valence-electron chi connectivity index (χ2n) is 2.86. The highest BCUT2D eigenvalue weighted by atomic mass is 16.5. The van der Waals surface area contributed by atoms with E-state index >= 15 is 0 Å². The fourth-order valence-electron chi connectivity index (χ4n) is 1.41. The lowest BCUT2D eigenvalue weighted by Crippen LogP contribution is -1.99. The highest BCUT2D eigenvalue weighted by Gasteiger charge is 2.14. The zero-order valence-corrected chi connectivity index (χ0v) is 9.07. The van der Waals surface area contributed by atoms with Gasteiger partial charge in [-0.05, 0) is 6.07 Å². The molecule has 0 aliphatic rings. The molecule has 0 spiro atoms. The minimum absolute atomic E-state index is 0.295. The Bertz CT molecular complexity index is 347. The number of aldehydes is 1. The van der Waals surface area contributed by atoms with Crippen molar-refractivity contribution in [2.75, 3.05) is 21.3 Å². The molecule has 0 radical (unpaired) electrons. The first kappa shape index (κ1) is 11.4. The summed E-state index contributed by atoms with van der Waals surface area (Å²) in [7, 11) is 4.62. The maximum absolute atomic E-state index is 10.5. The van der Waals surface area contributed by atoms with E-state index in [0.29, 0.717) is 23.7 Å². The molecule has 0 heterocycles. The first-order valence-corrected chi connectivity index (χ1v) is 4.50. The smallest absolute Gasteiger partial charge is 0.203 e. The van der Waals surface area contributed by atoms with Gasteiger partial charge in [-0.3, -0.25) is 0 Å². The SMILES string of the molecule is COc1ccc(CC=O)c(OC)c1OC. The average Bonchev–Trinajstić information content (AvgIpc) is 2.28. The number of hydrogen-bond donors (Lipinski definition) is 0. The first-order chi connectivity index (χ1) is 7.28. The normalized spacial score (nSPS) is 9.53. The van der Waals surface area contributed by atoms with E-state index in [-0.39, 0.29) is 0 Å². The molecule has 0 aliphatic heterocycles. The molecular weight excluding hydrogens is 196 g/mol. The van der Waals surface area contributed by atoms with Crippen LogP contribution in [0.2, 0.25) is 0 Å². The average molecular weight is 210 g/mol. The van der Waals surface area contributed by atoms with E-state index in [0.717, 1.165) is 11.8 Å². The molecule has 1 aromatic carbocycles. The number of rotatable bonds is 5. The predicted molar refractivity (Wildman–Crippen MR) is 55.9 cm³/mol. The van der Waals surface area contributed by atoms with Crippen molar-refractivity contribution >= 4 is 6.29 Å². The molecule has 4 heteroatoms. The minimum atomic E-state index is 0.295. The number of benzene rings is 1. The maximum Gasteiger partial charge on any atom is 0.203 e. The highest BCUT2D eigenvalue weighted by molar-refractivity contribution is 5.63. The molecule has 0 saturated carbocycles. The van der Waals surface area contributed by atoms with Gasteiger partial charge in [0.25, 0.3) is 0 Å². The quantitative estimate of drug-likeness (QED) is 0.690. The molecule has 0 aromatic heterocycles. The summed E-state index contributed by atoms with van der Waals surface area (Å²) in [6.07, 6.45) is 1.12. The second kappa shape index (κ2) is 5.24. The van der Waals surface area contributed by atoms with Crippen LogP contribution in [-0.4, -0.2) is 27.6 Å². The third kappa shape index (κ3) is 2.21. The van der Waals surface area contributed by atoms with Crippen molar-refractivity contribution in [3.8, 4) is 17.2 Å². The molecule has 0 aliphatic carbocycles. The van der Waals surface area contributed by atoms with Gasteiger partial charge in [-0.15, -0.1) is 0 Å². The lowest BCUT2D eigenvalue weighted by molar-refractivity contribution is -0.107. The molecule has 0 unspecified atom stereocenters. The number of methoxy groups -OCH3 is 3. The topological polar surface area (TPSA) is 44.8 Å². The summed E-state index contributed by atoms with van der Waals surface area (Å²) in [5.41, 5.74) is 0.783. The van der Waals surface area contributed by atoms with Gasteiger partial charge in [0.15, 0.2) is 11.5 Å². The zero-order valence-electron chi connectivity index (χ0n) is 9.07. The van der Waals surface area contributed by atoms with E-state index in [9.17, 15) is 4.79 Å². The lowest BCUT2D eigenvalue weighted by atomic mass is 10.1. The van der Waals surface area contributed by atoms with E-state index < -0.39 is 0 Å². The van der Waals surface area contributed by atoms with Crippen LogP contribution in [0.25, 0.3) is 0 Å². The van der Waals surface area contributed by atoms with Gasteiger partial charge in [-0.1, -0.05) is 6.07 Å². The van der Waals surface area contributed by atoms with Crippen molar-refractivity contribution in [3.05, 3.63) is 17.7 Å². The highest BCUT2D eigenvalue weighted by Crippen LogP contribution is 2.39. The number of carbonyl (C=O) groups is 1. The van der Waals surface area contributed by atoms with Gasteiger partial charge in [0.05, 0.1) is 21.3 Å². The van der Waals surface area contributed by atoms with Gasteiger partial charge in [-0.2, -0.15) is 0 Å². The Hall–Kier alpha value is -1.71. The Balaban J connectivity index is 3.27. The van der Waals surface area contributed by atoms with E-state index in [4.69, 9.17) is 14.2 Å². The van der Waals surface area contributed by atoms with Gasteiger partial charge in [0.1, 0.15) is 6.29 Å². The van der Waals surface area contributed by atoms with Crippen LogP contribution in [0.15, 0.2) is 12.1 Å². The van der Waals surface area contributed by atoms with Crippen molar-refractivity contribution in [2.45, 2.75) is 6.42 Å². The van der Waals surface area contributed by atoms with Crippen LogP contribution in [-0.2, 0) is 11.2 Å². The number of ether oxygens (including phenoxy) is 3. The van der Waals surface area contributed by atoms with Crippen LogP contribution in [0.5, 0.6) is 17.2 Å². The van der Waals surface area contributed by atoms with Crippen molar-refractivity contribution < 1.29 is 19.0 Å². The van der Waals surface area contributed by atoms with Crippen LogP contribution in [0, 0.1) is 0 Å². The molecule has 0 fully saturated rings. The Morgan fingerprint density at radius 1 is 1.07 bits per heavy atom. The van der Waals surface area contributed by atoms with Crippen molar-refractivity contribution in [1.82, 2.24) is 0 Å². The Labute approximate surface area is 88.8 Å². The molecule has 0 atom stereocenters. The van der Waals surface area contributed by atoms with Crippen LogP contribution in [0.4, 0.5) is 0 Å². The maximum atomic E-state index is 10.5. The molecule has 0 saturated heterocycles. The molecular formula is C11H14O4. The summed E-state index contributed by atoms with van der Waals surface area (Å²) in [6.45, 7) is 0. The Morgan fingerprint density at radius 3 is 2.20 bits per heavy atom. The third-order valence-corrected chi connectivity index (χ3v) is 2.09. The molecule has 4 nitrogen and oxygen atoms in total. The third-order valence-electron chi connectivity index (χ3n) is 2.09. The summed E-state index contributed by atoms with van der Waals surface area (Å²) in [5.74, 6) is 1.65. The molecule has 1 rings (SSSR count). The lowest BCUT2D eigenvalue weighted by Gasteiger charge is -2.14. The zero-order chi connectivity index (χ0) is 11.3. The molecule has 15 heavy (non-hydrogen) atoms. The van der Waals surface area contributed by atoms with E-state index in [1.54, 1.807) is 19.2 Å². The fraction of sp³-hybridized carbons (Fsp3) is 0.364. The monoisotopic (exact) mass is 210 g/mol. The Morgan fingerprint density at radius 2 is 1.73 bits per heavy atom. The van der Waals surface area contributed by atoms with Crippen LogP contribution >= 0.6 is 0 Å². The van der Waals surface area contributed by atoms with Crippen LogP contribution in [0.3, 0.4) is 0 Å². The summed E-state index contributed by atoms with van der Waals surface area (Å²) in [4.78, 5) is 10.5. The molecule has 82 valence electrons. The summed E-state index contributed by atoms with van der Waals surface area (Å²) < 4.78 is 15.5. The molecule has 0 bridgehead atoms. The summed E-state index contributed by atoms with van der Waals surface area (Å²) in [6, 6.07) is 3.54. The number of hydrogen-bond acceptors (Lipinski definition) is 4. The molecule has 1 aromatic rings. The summed E-state index contributed by atoms with van der Waals surface area (Å²) in [5, 5.41) is 0. The Kier molecular flexibility index (Phi) is 3.97.